The van der Waals surface area contributed by atoms with E-state index in [-0.39, 0.29) is 17.4 Å². The average molecular weight is 394 g/mol. The van der Waals surface area contributed by atoms with Crippen LogP contribution in [0.4, 0.5) is 17.2 Å². The number of hydrogen-bond acceptors (Lipinski definition) is 8. The number of anilines is 2. The van der Waals surface area contributed by atoms with Crippen LogP contribution in [-0.4, -0.2) is 28.0 Å². The first kappa shape index (κ1) is 19.7. The van der Waals surface area contributed by atoms with Crippen LogP contribution >= 0.6 is 0 Å². The van der Waals surface area contributed by atoms with Crippen molar-refractivity contribution in [3.05, 3.63) is 76.1 Å². The van der Waals surface area contributed by atoms with Gasteiger partial charge in [0.2, 0.25) is 5.82 Å². The minimum absolute atomic E-state index is 0.00966. The summed E-state index contributed by atoms with van der Waals surface area (Å²) in [6.07, 6.45) is 2.06. The molecular formula is C20H18N4O5. The molecule has 0 saturated carbocycles. The number of aryl methyl sites for hydroxylation is 1. The number of nitrogens with zero attached hydrogens (tertiary/aromatic N) is 3. The van der Waals surface area contributed by atoms with Crippen LogP contribution in [0.5, 0.6) is 11.6 Å². The fourth-order valence-electron chi connectivity index (χ4n) is 2.54. The van der Waals surface area contributed by atoms with E-state index in [4.69, 9.17) is 4.74 Å². The van der Waals surface area contributed by atoms with E-state index >= 15 is 0 Å². The fourth-order valence-corrected chi connectivity index (χ4v) is 2.54. The molecule has 0 unspecified atom stereocenters. The molecule has 1 aromatic heterocycles. The van der Waals surface area contributed by atoms with Gasteiger partial charge in [0, 0.05) is 5.69 Å². The van der Waals surface area contributed by atoms with Crippen molar-refractivity contribution in [1.82, 2.24) is 9.97 Å². The highest BCUT2D eigenvalue weighted by molar-refractivity contribution is 5.89. The zero-order chi connectivity index (χ0) is 20.8. The molecule has 0 bridgehead atoms. The largest absolute Gasteiger partial charge is 0.465 e. The molecule has 0 radical (unpaired) electrons. The highest BCUT2D eigenvalue weighted by Gasteiger charge is 2.25. The molecule has 3 rings (SSSR count). The van der Waals surface area contributed by atoms with Crippen LogP contribution in [-0.2, 0) is 11.2 Å². The summed E-state index contributed by atoms with van der Waals surface area (Å²) in [6, 6.07) is 13.5. The smallest absolute Gasteiger partial charge is 0.373 e. The van der Waals surface area contributed by atoms with E-state index in [1.165, 1.54) is 37.7 Å². The van der Waals surface area contributed by atoms with Gasteiger partial charge in [-0.15, -0.1) is 0 Å². The number of rotatable bonds is 7. The van der Waals surface area contributed by atoms with E-state index in [0.717, 1.165) is 12.0 Å². The van der Waals surface area contributed by atoms with Crippen molar-refractivity contribution in [3.63, 3.8) is 0 Å². The molecule has 0 aliphatic heterocycles. The molecule has 29 heavy (non-hydrogen) atoms. The van der Waals surface area contributed by atoms with Gasteiger partial charge in [-0.1, -0.05) is 19.1 Å². The molecule has 0 fully saturated rings. The molecule has 0 saturated heterocycles. The molecular weight excluding hydrogens is 376 g/mol. The second kappa shape index (κ2) is 8.79. The van der Waals surface area contributed by atoms with Gasteiger partial charge in [0.1, 0.15) is 12.1 Å². The quantitative estimate of drug-likeness (QED) is 0.359. The second-order valence-corrected chi connectivity index (χ2v) is 5.93. The first-order valence-corrected chi connectivity index (χ1v) is 8.73. The Morgan fingerprint density at radius 1 is 1.10 bits per heavy atom. The number of ether oxygens (including phenoxy) is 2. The third kappa shape index (κ3) is 4.64. The van der Waals surface area contributed by atoms with E-state index in [1.807, 2.05) is 31.2 Å². The molecule has 0 atom stereocenters. The third-order valence-corrected chi connectivity index (χ3v) is 4.09. The molecule has 9 heteroatoms. The lowest BCUT2D eigenvalue weighted by Crippen LogP contribution is -2.04. The maximum Gasteiger partial charge on any atom is 0.373 e. The lowest BCUT2D eigenvalue weighted by atomic mass is 10.1. The number of benzene rings is 2. The Hall–Kier alpha value is -4.01. The van der Waals surface area contributed by atoms with Crippen molar-refractivity contribution < 1.29 is 19.2 Å². The Balaban J connectivity index is 1.88. The van der Waals surface area contributed by atoms with Gasteiger partial charge in [0.15, 0.2) is 0 Å². The Labute approximate surface area is 166 Å². The molecule has 0 aliphatic carbocycles. The van der Waals surface area contributed by atoms with Gasteiger partial charge in [-0.3, -0.25) is 10.1 Å². The minimum atomic E-state index is -0.610. The molecule has 2 aromatic carbocycles. The Bertz CT molecular complexity index is 1020. The number of nitro groups is 1. The summed E-state index contributed by atoms with van der Waals surface area (Å²) >= 11 is 0. The van der Waals surface area contributed by atoms with Gasteiger partial charge in [-0.05, 0) is 48.4 Å². The summed E-state index contributed by atoms with van der Waals surface area (Å²) in [7, 11) is 1.28. The van der Waals surface area contributed by atoms with Crippen LogP contribution in [0, 0.1) is 10.1 Å². The Morgan fingerprint density at radius 2 is 1.79 bits per heavy atom. The summed E-state index contributed by atoms with van der Waals surface area (Å²) in [4.78, 5) is 30.4. The van der Waals surface area contributed by atoms with E-state index in [0.29, 0.717) is 11.3 Å². The van der Waals surface area contributed by atoms with E-state index in [9.17, 15) is 14.9 Å². The third-order valence-electron chi connectivity index (χ3n) is 4.09. The molecule has 9 nitrogen and oxygen atoms in total. The highest BCUT2D eigenvalue weighted by atomic mass is 16.6. The van der Waals surface area contributed by atoms with E-state index in [2.05, 4.69) is 20.0 Å². The normalized spacial score (nSPS) is 10.3. The van der Waals surface area contributed by atoms with Gasteiger partial charge in [-0.25, -0.2) is 9.78 Å². The molecule has 148 valence electrons. The van der Waals surface area contributed by atoms with Crippen molar-refractivity contribution in [2.75, 3.05) is 12.4 Å². The molecule has 1 N–H and O–H groups in total. The van der Waals surface area contributed by atoms with Gasteiger partial charge in [0.25, 0.3) is 0 Å². The van der Waals surface area contributed by atoms with Crippen LogP contribution in [0.2, 0.25) is 0 Å². The van der Waals surface area contributed by atoms with Crippen molar-refractivity contribution in [2.45, 2.75) is 13.3 Å². The first-order valence-electron chi connectivity index (χ1n) is 8.73. The summed E-state index contributed by atoms with van der Waals surface area (Å²) in [5.74, 6) is -0.429. The first-order chi connectivity index (χ1) is 14.0. The number of carbonyl (C=O) groups is 1. The van der Waals surface area contributed by atoms with E-state index < -0.39 is 16.6 Å². The predicted molar refractivity (Wildman–Crippen MR) is 106 cm³/mol. The number of methoxy groups -OCH3 is 1. The van der Waals surface area contributed by atoms with Gasteiger partial charge >= 0.3 is 17.5 Å². The predicted octanol–water partition coefficient (Wildman–Crippen LogP) is 4.27. The van der Waals surface area contributed by atoms with E-state index in [1.54, 1.807) is 0 Å². The highest BCUT2D eigenvalue weighted by Crippen LogP contribution is 2.35. The molecule has 0 aliphatic rings. The summed E-state index contributed by atoms with van der Waals surface area (Å²) in [5.41, 5.74) is 1.73. The number of hydrogen-bond donors (Lipinski definition) is 1. The second-order valence-electron chi connectivity index (χ2n) is 5.93. The average Bonchev–Trinajstić information content (AvgIpc) is 2.74. The zero-order valence-corrected chi connectivity index (χ0v) is 15.8. The fraction of sp³-hybridized carbons (Fsp3) is 0.150. The molecule has 0 spiro atoms. The summed E-state index contributed by atoms with van der Waals surface area (Å²) < 4.78 is 10.2. The van der Waals surface area contributed by atoms with Crippen molar-refractivity contribution in [2.24, 2.45) is 0 Å². The molecule has 0 amide bonds. The standard InChI is InChI=1S/C20H18N4O5/c1-3-13-4-8-15(9-5-13)23-18-17(24(26)27)19(22-12-21-18)29-16-10-6-14(7-11-16)20(25)28-2/h4-12H,3H2,1-2H3,(H,21,22,23). The van der Waals surface area contributed by atoms with Gasteiger partial charge in [0.05, 0.1) is 17.6 Å². The number of aromatic nitrogens is 2. The molecule has 1 heterocycles. The van der Waals surface area contributed by atoms with Gasteiger partial charge in [-0.2, -0.15) is 4.98 Å². The van der Waals surface area contributed by atoms with Crippen LogP contribution in [0.3, 0.4) is 0 Å². The SMILES string of the molecule is CCc1ccc(Nc2ncnc(Oc3ccc(C(=O)OC)cc3)c2[N+](=O)[O-])cc1. The van der Waals surface area contributed by atoms with Crippen LogP contribution in [0.15, 0.2) is 54.9 Å². The maximum atomic E-state index is 11.7. The summed E-state index contributed by atoms with van der Waals surface area (Å²) in [5, 5.41) is 14.6. The van der Waals surface area contributed by atoms with Crippen molar-refractivity contribution in [1.29, 1.82) is 0 Å². The Kier molecular flexibility index (Phi) is 5.98. The number of carbonyl (C=O) groups excluding carboxylic acids is 1. The monoisotopic (exact) mass is 394 g/mol. The van der Waals surface area contributed by atoms with Crippen LogP contribution in [0.25, 0.3) is 0 Å². The Morgan fingerprint density at radius 3 is 2.38 bits per heavy atom. The van der Waals surface area contributed by atoms with Crippen LogP contribution < -0.4 is 10.1 Å². The van der Waals surface area contributed by atoms with Crippen LogP contribution in [0.1, 0.15) is 22.8 Å². The number of nitrogens with one attached hydrogen (secondary N) is 1. The maximum absolute atomic E-state index is 11.7. The lowest BCUT2D eigenvalue weighted by Gasteiger charge is -2.10. The van der Waals surface area contributed by atoms with Crippen molar-refractivity contribution in [3.8, 4) is 11.6 Å². The molecule has 3 aromatic rings. The summed E-state index contributed by atoms with van der Waals surface area (Å²) in [6.45, 7) is 2.04. The van der Waals surface area contributed by atoms with Gasteiger partial charge < -0.3 is 14.8 Å². The number of esters is 1. The topological polar surface area (TPSA) is 116 Å². The lowest BCUT2D eigenvalue weighted by molar-refractivity contribution is -0.385. The zero-order valence-electron chi connectivity index (χ0n) is 15.8. The minimum Gasteiger partial charge on any atom is -0.465 e. The van der Waals surface area contributed by atoms with Crippen molar-refractivity contribution >= 4 is 23.2 Å².